The summed E-state index contributed by atoms with van der Waals surface area (Å²) in [5, 5.41) is 2.47. The minimum absolute atomic E-state index is 0.512. The average Bonchev–Trinajstić information content (AvgIpc) is 2.56. The van der Waals surface area contributed by atoms with E-state index in [4.69, 9.17) is 4.74 Å². The highest BCUT2D eigenvalue weighted by molar-refractivity contribution is 7.25. The molecule has 1 aromatic carbocycles. The van der Waals surface area contributed by atoms with Crippen LogP contribution in [0.2, 0.25) is 0 Å². The Bertz CT molecular complexity index is 434. The number of thiophene rings is 1. The largest absolute Gasteiger partial charge is 0.446 e. The Balaban J connectivity index is 2.02. The van der Waals surface area contributed by atoms with Gasteiger partial charge in [0.2, 0.25) is 0 Å². The lowest BCUT2D eigenvalue weighted by Gasteiger charge is -1.99. The fourth-order valence-corrected chi connectivity index (χ4v) is 2.37. The predicted molar refractivity (Wildman–Crippen MR) is 61.8 cm³/mol. The molecular weight excluding hydrogens is 208 g/mol. The first-order valence-corrected chi connectivity index (χ1v) is 5.99. The van der Waals surface area contributed by atoms with Crippen LogP contribution in [0.25, 0.3) is 0 Å². The highest BCUT2D eigenvalue weighted by Crippen LogP contribution is 2.32. The smallest absolute Gasteiger partial charge is 0.365 e. The molecule has 0 bridgehead atoms. The summed E-state index contributed by atoms with van der Waals surface area (Å²) in [6.07, 6.45) is 0. The zero-order valence-electron chi connectivity index (χ0n) is 8.51. The summed E-state index contributed by atoms with van der Waals surface area (Å²) in [6.45, 7) is 2.47. The van der Waals surface area contributed by atoms with E-state index >= 15 is 0 Å². The van der Waals surface area contributed by atoms with Crippen molar-refractivity contribution in [3.63, 3.8) is 0 Å². The van der Waals surface area contributed by atoms with E-state index in [1.165, 1.54) is 0 Å². The molecule has 3 heteroatoms. The van der Waals surface area contributed by atoms with Gasteiger partial charge < -0.3 is 4.74 Å². The van der Waals surface area contributed by atoms with Crippen LogP contribution in [0.4, 0.5) is 0 Å². The maximum absolute atomic E-state index is 9.60. The summed E-state index contributed by atoms with van der Waals surface area (Å²) >= 11 is 0. The molecule has 0 aliphatic rings. The van der Waals surface area contributed by atoms with Crippen LogP contribution in [0.1, 0.15) is 11.1 Å². The van der Waals surface area contributed by atoms with Gasteiger partial charge in [-0.1, -0.05) is 30.3 Å². The highest BCUT2D eigenvalue weighted by Gasteiger charge is 2.15. The van der Waals surface area contributed by atoms with Crippen LogP contribution in [-0.2, 0) is 6.61 Å². The van der Waals surface area contributed by atoms with Crippen molar-refractivity contribution >= 4 is 10.8 Å². The van der Waals surface area contributed by atoms with Crippen molar-refractivity contribution in [2.75, 3.05) is 0 Å². The van der Waals surface area contributed by atoms with Crippen molar-refractivity contribution in [3.8, 4) is 5.06 Å². The maximum Gasteiger partial charge on any atom is 0.365 e. The zero-order chi connectivity index (χ0) is 10.7. The Morgan fingerprint density at radius 2 is 2.00 bits per heavy atom. The molecule has 1 aromatic heterocycles. The fourth-order valence-electron chi connectivity index (χ4n) is 1.35. The van der Waals surface area contributed by atoms with E-state index in [0.29, 0.717) is 11.7 Å². The monoisotopic (exact) mass is 221 g/mol. The summed E-state index contributed by atoms with van der Waals surface area (Å²) in [5.74, 6) is 0. The van der Waals surface area contributed by atoms with Crippen molar-refractivity contribution in [1.29, 1.82) is 0 Å². The van der Waals surface area contributed by atoms with Crippen LogP contribution < -0.4 is 4.74 Å². The van der Waals surface area contributed by atoms with Gasteiger partial charge in [0, 0.05) is 11.6 Å². The molecule has 0 fully saturated rings. The number of ether oxygens (including phenoxy) is 1. The van der Waals surface area contributed by atoms with Gasteiger partial charge in [0.15, 0.2) is 16.1 Å². The Kier molecular flexibility index (Phi) is 3.04. The van der Waals surface area contributed by atoms with E-state index in [1.54, 1.807) is 5.38 Å². The molecule has 0 aliphatic carbocycles. The second kappa shape index (κ2) is 4.47. The first-order valence-electron chi connectivity index (χ1n) is 4.75. The van der Waals surface area contributed by atoms with E-state index in [2.05, 4.69) is 0 Å². The third-order valence-corrected chi connectivity index (χ3v) is 3.32. The molecule has 0 spiro atoms. The van der Waals surface area contributed by atoms with Gasteiger partial charge in [-0.3, -0.25) is 0 Å². The van der Waals surface area contributed by atoms with Gasteiger partial charge in [-0.2, -0.15) is 4.55 Å². The van der Waals surface area contributed by atoms with Crippen LogP contribution in [0, 0.1) is 6.92 Å². The first-order chi connectivity index (χ1) is 7.25. The molecule has 78 valence electrons. The number of aryl methyl sites for hydroxylation is 1. The lowest BCUT2D eigenvalue weighted by molar-refractivity contribution is 0.312. The van der Waals surface area contributed by atoms with Gasteiger partial charge in [0.25, 0.3) is 0 Å². The first kappa shape index (κ1) is 10.2. The van der Waals surface area contributed by atoms with E-state index in [1.807, 2.05) is 43.3 Å². The molecule has 2 rings (SSSR count). The number of hydrogen-bond acceptors (Lipinski definition) is 2. The van der Waals surface area contributed by atoms with Crippen LogP contribution in [-0.4, -0.2) is 4.55 Å². The second-order valence-electron chi connectivity index (χ2n) is 3.41. The zero-order valence-corrected chi connectivity index (χ0v) is 9.33. The second-order valence-corrected chi connectivity index (χ2v) is 4.68. The number of hydrogen-bond donors (Lipinski definition) is 1. The maximum atomic E-state index is 9.60. The molecule has 2 nitrogen and oxygen atoms in total. The fraction of sp³-hybridized carbons (Fsp3) is 0.167. The third-order valence-electron chi connectivity index (χ3n) is 2.07. The summed E-state index contributed by atoms with van der Waals surface area (Å²) in [4.78, 5) is 0. The van der Waals surface area contributed by atoms with Crippen molar-refractivity contribution in [1.82, 2.24) is 0 Å². The Hall–Kier alpha value is -1.32. The van der Waals surface area contributed by atoms with Crippen molar-refractivity contribution in [2.24, 2.45) is 0 Å². The standard InChI is InChI=1S/C12H13O2S/c1-10-7-12(15(13)9-10)14-8-11-5-3-2-4-6-11/h2-7,9,13H,8H2,1H3/q+1. The molecule has 0 saturated carbocycles. The quantitative estimate of drug-likeness (QED) is 0.804. The minimum atomic E-state index is -0.838. The van der Waals surface area contributed by atoms with Crippen molar-refractivity contribution < 1.29 is 9.29 Å². The molecule has 2 aromatic rings. The molecule has 1 heterocycles. The van der Waals surface area contributed by atoms with Crippen LogP contribution in [0.5, 0.6) is 5.06 Å². The van der Waals surface area contributed by atoms with Gasteiger partial charge >= 0.3 is 5.06 Å². The number of benzene rings is 1. The molecule has 1 N–H and O–H groups in total. The minimum Gasteiger partial charge on any atom is -0.446 e. The molecule has 15 heavy (non-hydrogen) atoms. The topological polar surface area (TPSA) is 29.5 Å². The van der Waals surface area contributed by atoms with Crippen molar-refractivity contribution in [2.45, 2.75) is 13.5 Å². The van der Waals surface area contributed by atoms with Crippen LogP contribution in [0.15, 0.2) is 41.8 Å². The lowest BCUT2D eigenvalue weighted by atomic mass is 10.2. The summed E-state index contributed by atoms with van der Waals surface area (Å²) in [5.41, 5.74) is 2.17. The summed E-state index contributed by atoms with van der Waals surface area (Å²) in [7, 11) is -0.838. The molecule has 0 saturated heterocycles. The van der Waals surface area contributed by atoms with Gasteiger partial charge in [-0.25, -0.2) is 0 Å². The van der Waals surface area contributed by atoms with E-state index in [0.717, 1.165) is 11.1 Å². The summed E-state index contributed by atoms with van der Waals surface area (Å²) in [6, 6.07) is 11.8. The normalized spacial score (nSPS) is 11.5. The molecule has 0 radical (unpaired) electrons. The predicted octanol–water partition coefficient (Wildman–Crippen LogP) is 3.46. The Morgan fingerprint density at radius 3 is 2.60 bits per heavy atom. The van der Waals surface area contributed by atoms with E-state index in [9.17, 15) is 4.55 Å². The average molecular weight is 221 g/mol. The van der Waals surface area contributed by atoms with E-state index in [-0.39, 0.29) is 0 Å². The molecule has 1 unspecified atom stereocenters. The highest BCUT2D eigenvalue weighted by atomic mass is 32.2. The molecule has 0 aliphatic heterocycles. The molecule has 1 atom stereocenters. The van der Waals surface area contributed by atoms with Gasteiger partial charge in [-0.15, -0.1) is 0 Å². The van der Waals surface area contributed by atoms with Gasteiger partial charge in [0.05, 0.1) is 0 Å². The number of rotatable bonds is 3. The summed E-state index contributed by atoms with van der Waals surface area (Å²) < 4.78 is 15.1. The third kappa shape index (κ3) is 2.58. The lowest BCUT2D eigenvalue weighted by Crippen LogP contribution is -1.93. The molecular formula is C12H13O2S+. The van der Waals surface area contributed by atoms with Crippen LogP contribution in [0.3, 0.4) is 0 Å². The SMILES string of the molecule is Cc1cc(OCc2ccccc2)[s+](O)c1. The van der Waals surface area contributed by atoms with Gasteiger partial charge in [-0.05, 0) is 12.5 Å². The van der Waals surface area contributed by atoms with Crippen molar-refractivity contribution in [3.05, 3.63) is 52.9 Å². The van der Waals surface area contributed by atoms with E-state index < -0.39 is 10.8 Å². The Morgan fingerprint density at radius 1 is 1.27 bits per heavy atom. The molecule has 0 amide bonds. The van der Waals surface area contributed by atoms with Gasteiger partial charge in [0.1, 0.15) is 6.61 Å². The Labute approximate surface area is 91.9 Å². The van der Waals surface area contributed by atoms with Crippen LogP contribution >= 0.6 is 10.8 Å².